The lowest BCUT2D eigenvalue weighted by Crippen LogP contribution is -2.09. The quantitative estimate of drug-likeness (QED) is 0.153. The molecule has 0 atom stereocenters. The first-order valence-electron chi connectivity index (χ1n) is 21.5. The predicted molar refractivity (Wildman–Crippen MR) is 264 cm³/mol. The Labute approximate surface area is 366 Å². The Hall–Kier alpha value is -8.40. The number of benzene rings is 10. The van der Waals surface area contributed by atoms with Crippen molar-refractivity contribution in [1.29, 1.82) is 0 Å². The van der Waals surface area contributed by atoms with Gasteiger partial charge >= 0.3 is 0 Å². The van der Waals surface area contributed by atoms with Gasteiger partial charge in [-0.25, -0.2) is 0 Å². The first-order chi connectivity index (χ1) is 31.2. The zero-order valence-electron chi connectivity index (χ0n) is 34.4. The number of furan rings is 1. The summed E-state index contributed by atoms with van der Waals surface area (Å²) in [5, 5.41) is 4.72. The molecule has 0 amide bonds. The van der Waals surface area contributed by atoms with Crippen molar-refractivity contribution in [2.75, 3.05) is 4.90 Å². The summed E-state index contributed by atoms with van der Waals surface area (Å²) in [6.45, 7) is 0. The fourth-order valence-corrected chi connectivity index (χ4v) is 9.38. The van der Waals surface area contributed by atoms with Crippen molar-refractivity contribution >= 4 is 60.8 Å². The van der Waals surface area contributed by atoms with Gasteiger partial charge in [-0.15, -0.1) is 0 Å². The molecule has 2 aromatic heterocycles. The highest BCUT2D eigenvalue weighted by Gasteiger charge is 2.19. The van der Waals surface area contributed by atoms with Crippen LogP contribution < -0.4 is 4.90 Å². The van der Waals surface area contributed by atoms with Crippen LogP contribution in [0.5, 0.6) is 0 Å². The summed E-state index contributed by atoms with van der Waals surface area (Å²) in [6.07, 6.45) is 0. The Morgan fingerprint density at radius 3 is 1.65 bits per heavy atom. The molecule has 2 heterocycles. The molecule has 0 unspecified atom stereocenters. The molecule has 0 aliphatic heterocycles. The predicted octanol–water partition coefficient (Wildman–Crippen LogP) is 16.8. The molecule has 0 aliphatic carbocycles. The van der Waals surface area contributed by atoms with E-state index >= 15 is 0 Å². The first-order valence-corrected chi connectivity index (χ1v) is 21.5. The van der Waals surface area contributed by atoms with E-state index in [2.05, 4.69) is 240 Å². The minimum Gasteiger partial charge on any atom is -0.456 e. The number of nitrogens with zero attached hydrogens (tertiary/aromatic N) is 2. The number of para-hydroxylation sites is 4. The molecule has 0 N–H and O–H groups in total. The minimum absolute atomic E-state index is 0.877. The van der Waals surface area contributed by atoms with Gasteiger partial charge in [0.2, 0.25) is 0 Å². The molecule has 63 heavy (non-hydrogen) atoms. The van der Waals surface area contributed by atoms with Crippen molar-refractivity contribution < 1.29 is 4.42 Å². The summed E-state index contributed by atoms with van der Waals surface area (Å²) in [7, 11) is 0. The molecule has 0 radical (unpaired) electrons. The zero-order valence-corrected chi connectivity index (χ0v) is 34.4. The number of hydrogen-bond donors (Lipinski definition) is 0. The molecule has 0 spiro atoms. The standard InChI is InChI=1S/C60H40N2O/c1-4-15-41(16-5-1)42-27-32-49(33-28-42)61(47-18-6-2-7-19-47)50-22-14-17-45(37-50)51-34-29-43(38-56(51)46-31-36-55-54-24-11-13-26-59(54)63-60(55)40-46)44-30-35-53-52-23-10-12-25-57(52)62(58(53)39-44)48-20-8-3-9-21-48/h1-40H. The molecule has 0 saturated carbocycles. The summed E-state index contributed by atoms with van der Waals surface area (Å²) in [5.74, 6) is 0. The van der Waals surface area contributed by atoms with E-state index in [0.29, 0.717) is 0 Å². The van der Waals surface area contributed by atoms with Gasteiger partial charge in [0, 0.05) is 44.3 Å². The molecule has 0 aliphatic rings. The summed E-state index contributed by atoms with van der Waals surface area (Å²) in [4.78, 5) is 2.34. The number of anilines is 3. The highest BCUT2D eigenvalue weighted by molar-refractivity contribution is 6.10. The van der Waals surface area contributed by atoms with E-state index in [4.69, 9.17) is 4.42 Å². The Bertz CT molecular complexity index is 3600. The Morgan fingerprint density at radius 1 is 0.286 bits per heavy atom. The summed E-state index contributed by atoms with van der Waals surface area (Å²) < 4.78 is 8.87. The Kier molecular flexibility index (Phi) is 8.83. The smallest absolute Gasteiger partial charge is 0.136 e. The van der Waals surface area contributed by atoms with Gasteiger partial charge in [-0.05, 0) is 129 Å². The van der Waals surface area contributed by atoms with Crippen LogP contribution in [0.25, 0.3) is 93.9 Å². The molecule has 0 bridgehead atoms. The third-order valence-corrected chi connectivity index (χ3v) is 12.4. The number of rotatable bonds is 8. The van der Waals surface area contributed by atoms with E-state index in [9.17, 15) is 0 Å². The molecular weight excluding hydrogens is 765 g/mol. The molecule has 12 aromatic rings. The molecule has 0 saturated heterocycles. The third kappa shape index (κ3) is 6.46. The Balaban J connectivity index is 1.02. The molecule has 0 fully saturated rings. The normalized spacial score (nSPS) is 11.5. The van der Waals surface area contributed by atoms with Gasteiger partial charge in [0.15, 0.2) is 0 Å². The van der Waals surface area contributed by atoms with Gasteiger partial charge in [-0.3, -0.25) is 0 Å². The first kappa shape index (κ1) is 36.5. The fraction of sp³-hybridized carbons (Fsp3) is 0. The zero-order chi connectivity index (χ0) is 41.7. The van der Waals surface area contributed by atoms with E-state index in [1.165, 1.54) is 32.9 Å². The van der Waals surface area contributed by atoms with Crippen LogP contribution in [0.2, 0.25) is 0 Å². The van der Waals surface area contributed by atoms with E-state index in [1.54, 1.807) is 0 Å². The lowest BCUT2D eigenvalue weighted by atomic mass is 9.90. The molecule has 296 valence electrons. The van der Waals surface area contributed by atoms with Gasteiger partial charge < -0.3 is 13.9 Å². The molecule has 3 heteroatoms. The average Bonchev–Trinajstić information content (AvgIpc) is 3.90. The topological polar surface area (TPSA) is 21.3 Å². The van der Waals surface area contributed by atoms with Crippen molar-refractivity contribution in [2.24, 2.45) is 0 Å². The second kappa shape index (κ2) is 15.3. The molecule has 10 aromatic carbocycles. The van der Waals surface area contributed by atoms with Crippen molar-refractivity contribution in [1.82, 2.24) is 4.57 Å². The summed E-state index contributed by atoms with van der Waals surface area (Å²) in [5.41, 5.74) is 17.7. The lowest BCUT2D eigenvalue weighted by molar-refractivity contribution is 0.669. The van der Waals surface area contributed by atoms with Gasteiger partial charge in [-0.2, -0.15) is 0 Å². The van der Waals surface area contributed by atoms with Crippen molar-refractivity contribution in [3.8, 4) is 50.2 Å². The number of hydrogen-bond acceptors (Lipinski definition) is 2. The molecule has 3 nitrogen and oxygen atoms in total. The second-order valence-electron chi connectivity index (χ2n) is 16.1. The molecular formula is C60H40N2O. The van der Waals surface area contributed by atoms with Crippen LogP contribution in [0.15, 0.2) is 247 Å². The largest absolute Gasteiger partial charge is 0.456 e. The van der Waals surface area contributed by atoms with Gasteiger partial charge in [0.1, 0.15) is 11.2 Å². The van der Waals surface area contributed by atoms with Crippen molar-refractivity contribution in [3.05, 3.63) is 243 Å². The van der Waals surface area contributed by atoms with Gasteiger partial charge in [0.25, 0.3) is 0 Å². The van der Waals surface area contributed by atoms with Crippen LogP contribution in [0.3, 0.4) is 0 Å². The third-order valence-electron chi connectivity index (χ3n) is 12.4. The van der Waals surface area contributed by atoms with Gasteiger partial charge in [0.05, 0.1) is 11.0 Å². The van der Waals surface area contributed by atoms with Crippen LogP contribution in [0.1, 0.15) is 0 Å². The fourth-order valence-electron chi connectivity index (χ4n) is 9.38. The second-order valence-corrected chi connectivity index (χ2v) is 16.1. The highest BCUT2D eigenvalue weighted by Crippen LogP contribution is 2.43. The molecule has 12 rings (SSSR count). The SMILES string of the molecule is c1ccc(-c2ccc(N(c3ccccc3)c3cccc(-c4ccc(-c5ccc6c7ccccc7n(-c7ccccc7)c6c5)cc4-c4ccc5c(c4)oc4ccccc45)c3)cc2)cc1. The van der Waals surface area contributed by atoms with E-state index in [0.717, 1.165) is 78.1 Å². The number of aromatic nitrogens is 1. The van der Waals surface area contributed by atoms with Crippen molar-refractivity contribution in [2.45, 2.75) is 0 Å². The van der Waals surface area contributed by atoms with E-state index in [1.807, 2.05) is 12.1 Å². The lowest BCUT2D eigenvalue weighted by Gasteiger charge is -2.26. The van der Waals surface area contributed by atoms with E-state index in [-0.39, 0.29) is 0 Å². The summed E-state index contributed by atoms with van der Waals surface area (Å²) >= 11 is 0. The maximum atomic E-state index is 6.48. The van der Waals surface area contributed by atoms with Crippen LogP contribution in [-0.4, -0.2) is 4.57 Å². The average molecular weight is 805 g/mol. The number of fused-ring (bicyclic) bond motifs is 6. The Morgan fingerprint density at radius 2 is 0.825 bits per heavy atom. The maximum absolute atomic E-state index is 6.48. The van der Waals surface area contributed by atoms with Crippen LogP contribution in [0.4, 0.5) is 17.1 Å². The highest BCUT2D eigenvalue weighted by atomic mass is 16.3. The van der Waals surface area contributed by atoms with Crippen LogP contribution in [0, 0.1) is 0 Å². The maximum Gasteiger partial charge on any atom is 0.136 e. The van der Waals surface area contributed by atoms with Gasteiger partial charge in [-0.1, -0.05) is 158 Å². The van der Waals surface area contributed by atoms with E-state index < -0.39 is 0 Å². The summed E-state index contributed by atoms with van der Waals surface area (Å²) in [6, 6.07) is 87.2. The minimum atomic E-state index is 0.877. The monoisotopic (exact) mass is 804 g/mol. The van der Waals surface area contributed by atoms with Crippen LogP contribution >= 0.6 is 0 Å². The van der Waals surface area contributed by atoms with Crippen molar-refractivity contribution in [3.63, 3.8) is 0 Å². The van der Waals surface area contributed by atoms with Crippen LogP contribution in [-0.2, 0) is 0 Å².